The third-order valence-corrected chi connectivity index (χ3v) is 4.34. The molecule has 0 spiro atoms. The van der Waals surface area contributed by atoms with Gasteiger partial charge >= 0.3 is 0 Å². The van der Waals surface area contributed by atoms with Crippen molar-refractivity contribution < 1.29 is 0 Å². The summed E-state index contributed by atoms with van der Waals surface area (Å²) in [4.78, 5) is 1.33. The zero-order chi connectivity index (χ0) is 10.5. The number of halogens is 1. The minimum Gasteiger partial charge on any atom is -0.311 e. The highest BCUT2D eigenvalue weighted by atomic mass is 79.9. The van der Waals surface area contributed by atoms with E-state index >= 15 is 0 Å². The first-order valence-corrected chi connectivity index (χ1v) is 7.17. The van der Waals surface area contributed by atoms with Crippen molar-refractivity contribution in [2.24, 2.45) is 0 Å². The van der Waals surface area contributed by atoms with Crippen LogP contribution in [0.5, 0.6) is 0 Å². The van der Waals surface area contributed by atoms with Crippen LogP contribution in [0.3, 0.4) is 0 Å². The largest absolute Gasteiger partial charge is 0.311 e. The third-order valence-electron chi connectivity index (χ3n) is 2.68. The molecule has 1 unspecified atom stereocenters. The quantitative estimate of drug-likeness (QED) is 0.864. The summed E-state index contributed by atoms with van der Waals surface area (Å²) in [5.74, 6) is 0. The lowest BCUT2D eigenvalue weighted by Crippen LogP contribution is -2.25. The van der Waals surface area contributed by atoms with Crippen LogP contribution in [0.4, 0.5) is 0 Å². The van der Waals surface area contributed by atoms with Crippen LogP contribution in [0, 0.1) is 0 Å². The molecule has 1 aromatic heterocycles. The Labute approximate surface area is 104 Å². The van der Waals surface area contributed by atoms with E-state index < -0.39 is 0 Å². The predicted molar refractivity (Wildman–Crippen MR) is 71.3 cm³/mol. The van der Waals surface area contributed by atoms with Crippen LogP contribution in [-0.4, -0.2) is 12.6 Å². The Balaban J connectivity index is 1.92. The van der Waals surface area contributed by atoms with Crippen molar-refractivity contribution in [3.63, 3.8) is 0 Å². The summed E-state index contributed by atoms with van der Waals surface area (Å²) in [6.45, 7) is 1.17. The van der Waals surface area contributed by atoms with Crippen molar-refractivity contribution in [1.82, 2.24) is 5.32 Å². The van der Waals surface area contributed by atoms with Crippen LogP contribution < -0.4 is 5.32 Å². The number of rotatable bonds is 2. The zero-order valence-electron chi connectivity index (χ0n) is 8.71. The van der Waals surface area contributed by atoms with E-state index in [4.69, 9.17) is 0 Å². The zero-order valence-corrected chi connectivity index (χ0v) is 11.1. The molecule has 1 saturated heterocycles. The molecule has 1 atom stereocenters. The van der Waals surface area contributed by atoms with Crippen LogP contribution in [0.25, 0.3) is 6.08 Å². The normalized spacial score (nSPS) is 23.1. The first kappa shape index (κ1) is 11.4. The molecule has 82 valence electrons. The average Bonchev–Trinajstić information content (AvgIpc) is 2.52. The molecule has 3 heteroatoms. The molecular weight excluding hydrogens is 270 g/mol. The van der Waals surface area contributed by atoms with Gasteiger partial charge in [-0.15, -0.1) is 11.3 Å². The van der Waals surface area contributed by atoms with Crippen molar-refractivity contribution in [2.75, 3.05) is 6.54 Å². The molecule has 2 rings (SSSR count). The topological polar surface area (TPSA) is 12.0 Å². The first-order chi connectivity index (χ1) is 7.34. The Kier molecular flexibility index (Phi) is 4.42. The fourth-order valence-corrected chi connectivity index (χ4v) is 3.19. The van der Waals surface area contributed by atoms with Gasteiger partial charge in [0.05, 0.1) is 0 Å². The fraction of sp³-hybridized carbons (Fsp3) is 0.500. The van der Waals surface area contributed by atoms with Crippen molar-refractivity contribution in [3.8, 4) is 0 Å². The molecule has 1 fully saturated rings. The molecule has 0 amide bonds. The van der Waals surface area contributed by atoms with E-state index in [9.17, 15) is 0 Å². The average molecular weight is 286 g/mol. The van der Waals surface area contributed by atoms with E-state index in [2.05, 4.69) is 44.8 Å². The van der Waals surface area contributed by atoms with E-state index in [1.165, 1.54) is 41.6 Å². The van der Waals surface area contributed by atoms with E-state index in [1.807, 2.05) is 0 Å². The van der Waals surface area contributed by atoms with Gasteiger partial charge in [-0.05, 0) is 47.5 Å². The summed E-state index contributed by atoms with van der Waals surface area (Å²) in [6, 6.07) is 2.74. The van der Waals surface area contributed by atoms with Gasteiger partial charge in [0.2, 0.25) is 0 Å². The van der Waals surface area contributed by atoms with Crippen molar-refractivity contribution in [1.29, 1.82) is 0 Å². The van der Waals surface area contributed by atoms with E-state index in [0.717, 1.165) is 0 Å². The van der Waals surface area contributed by atoms with Crippen LogP contribution in [-0.2, 0) is 0 Å². The maximum absolute atomic E-state index is 3.56. The second-order valence-corrected chi connectivity index (χ2v) is 5.79. The predicted octanol–water partition coefficient (Wildman–Crippen LogP) is 4.06. The van der Waals surface area contributed by atoms with E-state index in [1.54, 1.807) is 11.3 Å². The Morgan fingerprint density at radius 3 is 3.13 bits per heavy atom. The van der Waals surface area contributed by atoms with Crippen molar-refractivity contribution in [3.05, 3.63) is 26.9 Å². The second-order valence-electron chi connectivity index (χ2n) is 3.94. The van der Waals surface area contributed by atoms with Crippen LogP contribution in [0.1, 0.15) is 30.6 Å². The van der Waals surface area contributed by atoms with E-state index in [-0.39, 0.29) is 0 Å². The summed E-state index contributed by atoms with van der Waals surface area (Å²) < 4.78 is 1.18. The van der Waals surface area contributed by atoms with Gasteiger partial charge in [-0.2, -0.15) is 0 Å². The Bertz CT molecular complexity index is 324. The molecule has 1 aliphatic heterocycles. The molecule has 1 aromatic rings. The Morgan fingerprint density at radius 2 is 2.33 bits per heavy atom. The number of nitrogens with one attached hydrogen (secondary N) is 1. The van der Waals surface area contributed by atoms with Crippen molar-refractivity contribution in [2.45, 2.75) is 31.7 Å². The molecule has 15 heavy (non-hydrogen) atoms. The van der Waals surface area contributed by atoms with Gasteiger partial charge in [0.1, 0.15) is 0 Å². The third kappa shape index (κ3) is 3.74. The summed E-state index contributed by atoms with van der Waals surface area (Å²) in [7, 11) is 0. The summed E-state index contributed by atoms with van der Waals surface area (Å²) >= 11 is 5.25. The highest BCUT2D eigenvalue weighted by Crippen LogP contribution is 2.21. The molecule has 0 saturated carbocycles. The molecule has 1 nitrogen and oxygen atoms in total. The molecule has 0 bridgehead atoms. The van der Waals surface area contributed by atoms with Crippen LogP contribution in [0.2, 0.25) is 0 Å². The Hall–Kier alpha value is -0.120. The smallest absolute Gasteiger partial charge is 0.0288 e. The van der Waals surface area contributed by atoms with Crippen LogP contribution in [0.15, 0.2) is 22.0 Å². The standard InChI is InChI=1S/C12H16BrNS/c13-10-8-12(15-9-10)6-5-11-4-2-1-3-7-14-11/h5-6,8-9,11,14H,1-4,7H2/b6-5+. The van der Waals surface area contributed by atoms with Gasteiger partial charge in [-0.1, -0.05) is 18.9 Å². The lowest BCUT2D eigenvalue weighted by Gasteiger charge is -2.09. The van der Waals surface area contributed by atoms with Gasteiger partial charge in [0, 0.05) is 20.8 Å². The monoisotopic (exact) mass is 285 g/mol. The fourth-order valence-electron chi connectivity index (χ4n) is 1.85. The van der Waals surface area contributed by atoms with Gasteiger partial charge in [0.15, 0.2) is 0 Å². The minimum atomic E-state index is 0.577. The molecule has 0 aromatic carbocycles. The van der Waals surface area contributed by atoms with Gasteiger partial charge < -0.3 is 5.32 Å². The molecule has 0 radical (unpaired) electrons. The number of thiophene rings is 1. The highest BCUT2D eigenvalue weighted by Gasteiger charge is 2.07. The van der Waals surface area contributed by atoms with Crippen molar-refractivity contribution >= 4 is 33.3 Å². The maximum atomic E-state index is 3.56. The van der Waals surface area contributed by atoms with E-state index in [0.29, 0.717) is 6.04 Å². The molecule has 2 heterocycles. The first-order valence-electron chi connectivity index (χ1n) is 5.50. The summed E-state index contributed by atoms with van der Waals surface area (Å²) in [5.41, 5.74) is 0. The molecule has 1 aliphatic rings. The summed E-state index contributed by atoms with van der Waals surface area (Å²) in [5, 5.41) is 5.69. The second kappa shape index (κ2) is 5.83. The highest BCUT2D eigenvalue weighted by molar-refractivity contribution is 9.10. The SMILES string of the molecule is Brc1csc(/C=C/C2CCCCCN2)c1. The van der Waals surface area contributed by atoms with Gasteiger partial charge in [0.25, 0.3) is 0 Å². The Morgan fingerprint density at radius 1 is 1.40 bits per heavy atom. The van der Waals surface area contributed by atoms with Gasteiger partial charge in [-0.3, -0.25) is 0 Å². The molecular formula is C12H16BrNS. The lowest BCUT2D eigenvalue weighted by atomic mass is 10.1. The van der Waals surface area contributed by atoms with Crippen LogP contribution >= 0.6 is 27.3 Å². The number of hydrogen-bond acceptors (Lipinski definition) is 2. The number of hydrogen-bond donors (Lipinski definition) is 1. The molecule has 0 aliphatic carbocycles. The summed E-state index contributed by atoms with van der Waals surface area (Å²) in [6.07, 6.45) is 9.89. The molecule has 1 N–H and O–H groups in total. The minimum absolute atomic E-state index is 0.577. The lowest BCUT2D eigenvalue weighted by molar-refractivity contribution is 0.599. The van der Waals surface area contributed by atoms with Gasteiger partial charge in [-0.25, -0.2) is 0 Å². The maximum Gasteiger partial charge on any atom is 0.0288 e.